The van der Waals surface area contributed by atoms with Gasteiger partial charge in [-0.15, -0.1) is 0 Å². The van der Waals surface area contributed by atoms with Crippen molar-refractivity contribution >= 4 is 33.8 Å². The Hall–Kier alpha value is -2.78. The van der Waals surface area contributed by atoms with Crippen LogP contribution >= 0.6 is 15.9 Å². The average Bonchev–Trinajstić information content (AvgIpc) is 3.46. The number of hydrogen-bond donors (Lipinski definition) is 0. The number of morpholine rings is 1. The largest absolute Gasteiger partial charge is 0.444 e. The highest BCUT2D eigenvalue weighted by molar-refractivity contribution is 9.10. The quantitative estimate of drug-likeness (QED) is 0.373. The van der Waals surface area contributed by atoms with Crippen LogP contribution in [0, 0.1) is 0 Å². The minimum atomic E-state index is -0.454. The lowest BCUT2D eigenvalue weighted by molar-refractivity contribution is 0.0232. The lowest BCUT2D eigenvalue weighted by atomic mass is 10.1. The molecule has 0 atom stereocenters. The minimum Gasteiger partial charge on any atom is -0.444 e. The second-order valence-electron chi connectivity index (χ2n) is 12.1. The average molecular weight is 603 g/mol. The number of anilines is 1. The predicted octanol–water partition coefficient (Wildman–Crippen LogP) is 6.47. The van der Waals surface area contributed by atoms with Gasteiger partial charge in [0.2, 0.25) is 0 Å². The number of ether oxygens (including phenoxy) is 3. The number of carbonyl (C=O) groups is 2. The maximum absolute atomic E-state index is 12.2. The van der Waals surface area contributed by atoms with E-state index >= 15 is 0 Å². The van der Waals surface area contributed by atoms with Crippen molar-refractivity contribution in [3.05, 3.63) is 63.1 Å². The van der Waals surface area contributed by atoms with E-state index in [9.17, 15) is 9.59 Å². The van der Waals surface area contributed by atoms with Gasteiger partial charge in [0.05, 0.1) is 13.2 Å². The van der Waals surface area contributed by atoms with E-state index in [0.717, 1.165) is 30.8 Å². The lowest BCUT2D eigenvalue weighted by Crippen LogP contribution is -2.36. The van der Waals surface area contributed by atoms with Crippen molar-refractivity contribution in [2.75, 3.05) is 31.2 Å². The molecule has 3 aliphatic heterocycles. The van der Waals surface area contributed by atoms with Crippen LogP contribution in [0.15, 0.2) is 40.9 Å². The molecule has 0 aliphatic carbocycles. The number of rotatable bonds is 1. The van der Waals surface area contributed by atoms with Crippen LogP contribution in [0.1, 0.15) is 63.8 Å². The maximum atomic E-state index is 12.2. The van der Waals surface area contributed by atoms with Crippen molar-refractivity contribution in [2.24, 2.45) is 0 Å². The third-order valence-electron chi connectivity index (χ3n) is 6.48. The topological polar surface area (TPSA) is 71.5 Å². The van der Waals surface area contributed by atoms with Crippen LogP contribution < -0.4 is 4.90 Å². The number of hydrogen-bond acceptors (Lipinski definition) is 6. The first-order chi connectivity index (χ1) is 18.3. The zero-order valence-electron chi connectivity index (χ0n) is 23.9. The number of nitrogens with zero attached hydrogens (tertiary/aromatic N) is 3. The number of carbonyl (C=O) groups excluding carboxylic acids is 2. The van der Waals surface area contributed by atoms with Crippen LogP contribution in [-0.4, -0.2) is 59.5 Å². The Labute approximate surface area is 240 Å². The molecule has 5 rings (SSSR count). The zero-order chi connectivity index (χ0) is 28.4. The van der Waals surface area contributed by atoms with E-state index in [1.807, 2.05) is 53.7 Å². The number of benzene rings is 2. The Morgan fingerprint density at radius 3 is 1.69 bits per heavy atom. The van der Waals surface area contributed by atoms with Gasteiger partial charge in [-0.05, 0) is 88.1 Å². The lowest BCUT2D eigenvalue weighted by Gasteiger charge is -2.29. The highest BCUT2D eigenvalue weighted by atomic mass is 79.9. The van der Waals surface area contributed by atoms with Gasteiger partial charge >= 0.3 is 12.2 Å². The number of halogens is 1. The third kappa shape index (κ3) is 8.11. The molecule has 0 unspecified atom stereocenters. The van der Waals surface area contributed by atoms with Crippen LogP contribution in [0.4, 0.5) is 15.3 Å². The molecule has 9 heteroatoms. The molecule has 0 N–H and O–H groups in total. The van der Waals surface area contributed by atoms with E-state index in [1.54, 1.807) is 9.80 Å². The summed E-state index contributed by atoms with van der Waals surface area (Å²) in [6.07, 6.45) is -0.485. The van der Waals surface area contributed by atoms with E-state index in [2.05, 4.69) is 45.1 Å². The summed E-state index contributed by atoms with van der Waals surface area (Å²) in [6, 6.07) is 12.6. The van der Waals surface area contributed by atoms with Crippen molar-refractivity contribution in [3.8, 4) is 0 Å². The van der Waals surface area contributed by atoms with E-state index in [4.69, 9.17) is 14.2 Å². The second-order valence-corrected chi connectivity index (χ2v) is 13.1. The summed E-state index contributed by atoms with van der Waals surface area (Å²) >= 11 is 3.44. The summed E-state index contributed by atoms with van der Waals surface area (Å²) in [7, 11) is 0. The fraction of sp³-hybridized carbons (Fsp3) is 0.533. The van der Waals surface area contributed by atoms with Crippen LogP contribution in [0.2, 0.25) is 0 Å². The smallest absolute Gasteiger partial charge is 0.410 e. The molecule has 2 aromatic rings. The standard InChI is InChI=1S/C17H24N2O3.C13H16BrNO2/c1-17(2,3)22-16(20)19-11-13-4-5-15(10-14(13)12-19)18-6-8-21-9-7-18;1-13(2,3)17-12(16)15-7-9-4-5-11(14)6-10(9)8-15/h4-5,10H,6-9,11-12H2,1-3H3;4-6H,7-8H2,1-3H3. The monoisotopic (exact) mass is 601 g/mol. The van der Waals surface area contributed by atoms with Gasteiger partial charge in [-0.2, -0.15) is 0 Å². The molecule has 2 amide bonds. The van der Waals surface area contributed by atoms with Gasteiger partial charge in [-0.25, -0.2) is 9.59 Å². The van der Waals surface area contributed by atoms with Gasteiger partial charge in [0.25, 0.3) is 0 Å². The number of amides is 2. The summed E-state index contributed by atoms with van der Waals surface area (Å²) in [5.41, 5.74) is 5.13. The van der Waals surface area contributed by atoms with E-state index < -0.39 is 11.2 Å². The highest BCUT2D eigenvalue weighted by Gasteiger charge is 2.29. The molecule has 2 aromatic carbocycles. The molecule has 3 aliphatic rings. The molecule has 1 saturated heterocycles. The zero-order valence-corrected chi connectivity index (χ0v) is 25.5. The molecule has 0 bridgehead atoms. The maximum Gasteiger partial charge on any atom is 0.410 e. The van der Waals surface area contributed by atoms with Crippen molar-refractivity contribution < 1.29 is 23.8 Å². The van der Waals surface area contributed by atoms with Gasteiger partial charge in [0.1, 0.15) is 11.2 Å². The first-order valence-electron chi connectivity index (χ1n) is 13.4. The van der Waals surface area contributed by atoms with Gasteiger partial charge < -0.3 is 19.1 Å². The first kappa shape index (κ1) is 29.2. The fourth-order valence-electron chi connectivity index (χ4n) is 4.67. The molecule has 3 heterocycles. The van der Waals surface area contributed by atoms with Crippen LogP contribution in [0.5, 0.6) is 0 Å². The third-order valence-corrected chi connectivity index (χ3v) is 6.98. The summed E-state index contributed by atoms with van der Waals surface area (Å²) in [5.74, 6) is 0. The van der Waals surface area contributed by atoms with Crippen molar-refractivity contribution in [1.29, 1.82) is 0 Å². The molecule has 0 spiro atoms. The van der Waals surface area contributed by atoms with Gasteiger partial charge in [0.15, 0.2) is 0 Å². The Kier molecular flexibility index (Phi) is 8.81. The van der Waals surface area contributed by atoms with Gasteiger partial charge in [0, 0.05) is 49.4 Å². The molecule has 0 saturated carbocycles. The summed E-state index contributed by atoms with van der Waals surface area (Å²) in [5, 5.41) is 0. The van der Waals surface area contributed by atoms with Gasteiger partial charge in [-0.1, -0.05) is 28.1 Å². The molecular formula is C30H40BrN3O5. The minimum absolute atomic E-state index is 0.239. The predicted molar refractivity (Wildman–Crippen MR) is 155 cm³/mol. The van der Waals surface area contributed by atoms with E-state index in [0.29, 0.717) is 26.2 Å². The normalized spacial score (nSPS) is 16.7. The Balaban J connectivity index is 0.000000187. The first-order valence-corrected chi connectivity index (χ1v) is 14.2. The SMILES string of the molecule is CC(C)(C)OC(=O)N1Cc2ccc(Br)cc2C1.CC(C)(C)OC(=O)N1Cc2ccc(N3CCOCC3)cc2C1. The van der Waals surface area contributed by atoms with Crippen LogP contribution in [0.25, 0.3) is 0 Å². The summed E-state index contributed by atoms with van der Waals surface area (Å²) < 4.78 is 17.3. The Morgan fingerprint density at radius 2 is 1.18 bits per heavy atom. The fourth-order valence-corrected chi connectivity index (χ4v) is 5.08. The number of fused-ring (bicyclic) bond motifs is 2. The molecular weight excluding hydrogens is 562 g/mol. The van der Waals surface area contributed by atoms with Crippen LogP contribution in [-0.2, 0) is 40.4 Å². The molecule has 212 valence electrons. The van der Waals surface area contributed by atoms with Crippen LogP contribution in [0.3, 0.4) is 0 Å². The molecule has 1 fully saturated rings. The van der Waals surface area contributed by atoms with Gasteiger partial charge in [-0.3, -0.25) is 9.80 Å². The Morgan fingerprint density at radius 1 is 0.718 bits per heavy atom. The Bertz CT molecular complexity index is 1200. The molecule has 8 nitrogen and oxygen atoms in total. The van der Waals surface area contributed by atoms with Crippen molar-refractivity contribution in [1.82, 2.24) is 9.80 Å². The molecule has 39 heavy (non-hydrogen) atoms. The summed E-state index contributed by atoms with van der Waals surface area (Å²) in [4.78, 5) is 29.9. The summed E-state index contributed by atoms with van der Waals surface area (Å²) in [6.45, 7) is 17.3. The highest BCUT2D eigenvalue weighted by Crippen LogP contribution is 2.29. The van der Waals surface area contributed by atoms with E-state index in [-0.39, 0.29) is 12.2 Å². The van der Waals surface area contributed by atoms with Crippen molar-refractivity contribution in [3.63, 3.8) is 0 Å². The van der Waals surface area contributed by atoms with E-state index in [1.165, 1.54) is 27.9 Å². The second kappa shape index (κ2) is 11.8. The molecule has 0 radical (unpaired) electrons. The molecule has 0 aromatic heterocycles. The van der Waals surface area contributed by atoms with Crippen molar-refractivity contribution in [2.45, 2.75) is 78.9 Å².